The van der Waals surface area contributed by atoms with E-state index >= 15 is 0 Å². The molecule has 6 heteroatoms. The lowest BCUT2D eigenvalue weighted by Crippen LogP contribution is -2.38. The van der Waals surface area contributed by atoms with E-state index in [2.05, 4.69) is 5.29 Å². The molecule has 24 heavy (non-hydrogen) atoms. The van der Waals surface area contributed by atoms with Crippen LogP contribution >= 0.6 is 0 Å². The summed E-state index contributed by atoms with van der Waals surface area (Å²) in [6.07, 6.45) is 2.12. The van der Waals surface area contributed by atoms with E-state index < -0.39 is 5.60 Å². The number of benzene rings is 1. The maximum Gasteiger partial charge on any atom is 0.308 e. The van der Waals surface area contributed by atoms with Gasteiger partial charge in [-0.25, -0.2) is 0 Å². The number of esters is 1. The van der Waals surface area contributed by atoms with E-state index in [1.807, 2.05) is 32.0 Å². The van der Waals surface area contributed by atoms with Crippen LogP contribution in [0.2, 0.25) is 0 Å². The second kappa shape index (κ2) is 6.36. The highest BCUT2D eigenvalue weighted by molar-refractivity contribution is 5.89. The Bertz CT molecular complexity index is 796. The number of aromatic nitrogens is 1. The van der Waals surface area contributed by atoms with Gasteiger partial charge in [-0.15, -0.1) is 4.91 Å². The molecule has 0 bridgehead atoms. The summed E-state index contributed by atoms with van der Waals surface area (Å²) >= 11 is 0. The summed E-state index contributed by atoms with van der Waals surface area (Å²) in [7, 11) is 1.36. The van der Waals surface area contributed by atoms with Crippen molar-refractivity contribution in [3.63, 3.8) is 0 Å². The van der Waals surface area contributed by atoms with Gasteiger partial charge in [-0.2, -0.15) is 4.68 Å². The molecular weight excluding hydrogens is 308 g/mol. The normalized spacial score (nSPS) is 20.0. The molecule has 0 radical (unpaired) electrons. The summed E-state index contributed by atoms with van der Waals surface area (Å²) < 4.78 is 12.3. The lowest BCUT2D eigenvalue weighted by molar-refractivity contribution is -0.152. The Morgan fingerprint density at radius 2 is 2.21 bits per heavy atom. The molecule has 1 aliphatic heterocycles. The van der Waals surface area contributed by atoms with E-state index in [1.54, 1.807) is 0 Å². The highest BCUT2D eigenvalue weighted by atomic mass is 16.5. The van der Waals surface area contributed by atoms with Crippen molar-refractivity contribution in [1.82, 2.24) is 4.68 Å². The Hall–Kier alpha value is -2.21. The van der Waals surface area contributed by atoms with Gasteiger partial charge in [-0.3, -0.25) is 4.79 Å². The molecule has 6 nitrogen and oxygen atoms in total. The second-order valence-corrected chi connectivity index (χ2v) is 6.09. The van der Waals surface area contributed by atoms with Crippen LogP contribution in [-0.4, -0.2) is 24.4 Å². The topological polar surface area (TPSA) is 69.9 Å². The molecule has 128 valence electrons. The number of hydrogen-bond donors (Lipinski definition) is 0. The highest BCUT2D eigenvalue weighted by Crippen LogP contribution is 2.44. The molecule has 0 aliphatic carbocycles. The number of carbonyl (C=O) groups is 1. The lowest BCUT2D eigenvalue weighted by atomic mass is 9.86. The number of nitrogens with zero attached hydrogens (tertiary/aromatic N) is 2. The fourth-order valence-electron chi connectivity index (χ4n) is 3.79. The van der Waals surface area contributed by atoms with Crippen LogP contribution in [0.15, 0.2) is 23.5 Å². The van der Waals surface area contributed by atoms with E-state index in [0.717, 1.165) is 28.5 Å². The van der Waals surface area contributed by atoms with Gasteiger partial charge in [0.05, 0.1) is 36.6 Å². The Morgan fingerprint density at radius 3 is 2.83 bits per heavy atom. The van der Waals surface area contributed by atoms with Crippen molar-refractivity contribution >= 4 is 16.9 Å². The molecule has 2 heterocycles. The van der Waals surface area contributed by atoms with Crippen LogP contribution in [0.1, 0.15) is 43.5 Å². The Kier molecular flexibility index (Phi) is 4.41. The lowest BCUT2D eigenvalue weighted by Gasteiger charge is -2.36. The number of carbonyl (C=O) groups excluding carboxylic acids is 1. The number of para-hydroxylation sites is 1. The van der Waals surface area contributed by atoms with Crippen LogP contribution in [0.25, 0.3) is 10.9 Å². The number of hydrogen-bond acceptors (Lipinski definition) is 5. The first-order chi connectivity index (χ1) is 11.6. The van der Waals surface area contributed by atoms with Gasteiger partial charge >= 0.3 is 5.97 Å². The van der Waals surface area contributed by atoms with Crippen LogP contribution in [0.4, 0.5) is 0 Å². The smallest absolute Gasteiger partial charge is 0.308 e. The Morgan fingerprint density at radius 1 is 1.42 bits per heavy atom. The summed E-state index contributed by atoms with van der Waals surface area (Å²) in [5.74, 6) is -0.358. The minimum atomic E-state index is -0.876. The van der Waals surface area contributed by atoms with Crippen molar-refractivity contribution in [1.29, 1.82) is 0 Å². The van der Waals surface area contributed by atoms with Crippen molar-refractivity contribution in [2.45, 2.75) is 45.1 Å². The van der Waals surface area contributed by atoms with E-state index in [4.69, 9.17) is 9.47 Å². The fourth-order valence-corrected chi connectivity index (χ4v) is 3.79. The van der Waals surface area contributed by atoms with Crippen molar-refractivity contribution in [3.8, 4) is 0 Å². The van der Waals surface area contributed by atoms with Gasteiger partial charge in [0.15, 0.2) is 0 Å². The zero-order chi connectivity index (χ0) is 17.3. The Balaban J connectivity index is 2.34. The number of nitroso groups, excluding NO2 is 1. The van der Waals surface area contributed by atoms with Crippen molar-refractivity contribution in [2.24, 2.45) is 5.29 Å². The van der Waals surface area contributed by atoms with E-state index in [1.165, 1.54) is 11.8 Å². The Labute approximate surface area is 140 Å². The van der Waals surface area contributed by atoms with Crippen molar-refractivity contribution in [2.75, 3.05) is 13.7 Å². The summed E-state index contributed by atoms with van der Waals surface area (Å²) in [6, 6.07) is 6.02. The molecular formula is C18H22N2O4. The number of methoxy groups -OCH3 is 1. The maximum atomic E-state index is 12.0. The average molecular weight is 330 g/mol. The summed E-state index contributed by atoms with van der Waals surface area (Å²) in [5.41, 5.74) is 2.76. The first kappa shape index (κ1) is 16.6. The number of ether oxygens (including phenoxy) is 2. The molecule has 0 saturated carbocycles. The van der Waals surface area contributed by atoms with E-state index in [-0.39, 0.29) is 12.4 Å². The number of fused-ring (bicyclic) bond motifs is 3. The molecule has 1 aliphatic rings. The quantitative estimate of drug-likeness (QED) is 0.622. The summed E-state index contributed by atoms with van der Waals surface area (Å²) in [6.45, 7) is 4.51. The molecule has 0 N–H and O–H groups in total. The third kappa shape index (κ3) is 2.33. The predicted molar refractivity (Wildman–Crippen MR) is 90.8 cm³/mol. The van der Waals surface area contributed by atoms with Gasteiger partial charge in [0, 0.05) is 5.39 Å². The van der Waals surface area contributed by atoms with Crippen LogP contribution in [0, 0.1) is 4.91 Å². The standard InChI is InChI=1S/C18H22N2O4/c1-4-12-7-6-8-13-14-9-10-24-18(5-2,11-15(21)23-3)17(14)20(19-22)16(12)13/h6-8H,4-5,9-11H2,1-3H3. The zero-order valence-electron chi connectivity index (χ0n) is 14.3. The molecule has 1 aromatic heterocycles. The number of rotatable bonds is 5. The second-order valence-electron chi connectivity index (χ2n) is 6.09. The molecule has 2 aromatic rings. The zero-order valence-corrected chi connectivity index (χ0v) is 14.3. The molecule has 0 amide bonds. The first-order valence-electron chi connectivity index (χ1n) is 8.32. The molecule has 1 atom stereocenters. The van der Waals surface area contributed by atoms with Gasteiger partial charge in [0.25, 0.3) is 0 Å². The third-order valence-corrected chi connectivity index (χ3v) is 5.01. The van der Waals surface area contributed by atoms with E-state index in [9.17, 15) is 9.70 Å². The third-order valence-electron chi connectivity index (χ3n) is 5.01. The van der Waals surface area contributed by atoms with E-state index in [0.29, 0.717) is 25.1 Å². The summed E-state index contributed by atoms with van der Waals surface area (Å²) in [5, 5.41) is 4.31. The number of aryl methyl sites for hydroxylation is 1. The molecule has 0 spiro atoms. The van der Waals surface area contributed by atoms with Crippen molar-refractivity contribution in [3.05, 3.63) is 39.9 Å². The highest BCUT2D eigenvalue weighted by Gasteiger charge is 2.43. The van der Waals surface area contributed by atoms with Gasteiger partial charge in [0.1, 0.15) is 5.60 Å². The molecule has 0 fully saturated rings. The summed E-state index contributed by atoms with van der Waals surface area (Å²) in [4.78, 5) is 23.7. The average Bonchev–Trinajstić information content (AvgIpc) is 2.96. The monoisotopic (exact) mass is 330 g/mol. The van der Waals surface area contributed by atoms with Crippen molar-refractivity contribution < 1.29 is 14.3 Å². The minimum absolute atomic E-state index is 0.0697. The van der Waals surface area contributed by atoms with Gasteiger partial charge in [-0.1, -0.05) is 32.0 Å². The molecule has 0 saturated heterocycles. The predicted octanol–water partition coefficient (Wildman–Crippen LogP) is 3.47. The van der Waals surface area contributed by atoms with Crippen LogP contribution < -0.4 is 0 Å². The van der Waals surface area contributed by atoms with Gasteiger partial charge in [-0.05, 0) is 30.4 Å². The minimum Gasteiger partial charge on any atom is -0.469 e. The fraction of sp³-hybridized carbons (Fsp3) is 0.500. The largest absolute Gasteiger partial charge is 0.469 e. The van der Waals surface area contributed by atoms with Gasteiger partial charge < -0.3 is 9.47 Å². The maximum absolute atomic E-state index is 12.0. The molecule has 1 unspecified atom stereocenters. The molecule has 3 rings (SSSR count). The SMILES string of the molecule is CCc1cccc2c3c(n(N=O)c12)C(CC)(CC(=O)OC)OCC3. The van der Waals surface area contributed by atoms with Crippen LogP contribution in [-0.2, 0) is 32.7 Å². The van der Waals surface area contributed by atoms with Gasteiger partial charge in [0.2, 0.25) is 0 Å². The van der Waals surface area contributed by atoms with Crippen LogP contribution in [0.5, 0.6) is 0 Å². The first-order valence-corrected chi connectivity index (χ1v) is 8.32. The van der Waals surface area contributed by atoms with Crippen LogP contribution in [0.3, 0.4) is 0 Å². The molecule has 1 aromatic carbocycles.